The van der Waals surface area contributed by atoms with Gasteiger partial charge >= 0.3 is 0 Å². The lowest BCUT2D eigenvalue weighted by atomic mass is 9.94. The van der Waals surface area contributed by atoms with Crippen molar-refractivity contribution < 1.29 is 14.3 Å². The van der Waals surface area contributed by atoms with E-state index >= 15 is 0 Å². The number of hydrogen-bond donors (Lipinski definition) is 1. The van der Waals surface area contributed by atoms with Crippen LogP contribution in [0.1, 0.15) is 47.5 Å². The number of ether oxygens (including phenoxy) is 1. The van der Waals surface area contributed by atoms with Crippen molar-refractivity contribution in [3.8, 4) is 0 Å². The van der Waals surface area contributed by atoms with Crippen LogP contribution in [0.3, 0.4) is 0 Å². The molecule has 1 aliphatic rings. The highest BCUT2D eigenvalue weighted by Gasteiger charge is 2.41. The van der Waals surface area contributed by atoms with E-state index in [0.29, 0.717) is 19.4 Å². The Labute approximate surface area is 122 Å². The van der Waals surface area contributed by atoms with Gasteiger partial charge in [-0.2, -0.15) is 0 Å². The van der Waals surface area contributed by atoms with Crippen molar-refractivity contribution in [3.63, 3.8) is 0 Å². The molecular weight excluding hydrogens is 256 g/mol. The van der Waals surface area contributed by atoms with Crippen LogP contribution < -0.4 is 5.32 Å². The normalized spacial score (nSPS) is 24.2. The van der Waals surface area contributed by atoms with E-state index < -0.39 is 0 Å². The Morgan fingerprint density at radius 2 is 1.95 bits per heavy atom. The monoisotopic (exact) mass is 284 g/mol. The number of carbonyl (C=O) groups excluding carboxylic acids is 2. The van der Waals surface area contributed by atoms with E-state index in [4.69, 9.17) is 4.74 Å². The Morgan fingerprint density at radius 1 is 1.35 bits per heavy atom. The Kier molecular flexibility index (Phi) is 5.57. The van der Waals surface area contributed by atoms with Crippen molar-refractivity contribution in [2.75, 3.05) is 13.7 Å². The quantitative estimate of drug-likeness (QED) is 0.805. The molecule has 5 nitrogen and oxygen atoms in total. The largest absolute Gasteiger partial charge is 0.379 e. The smallest absolute Gasteiger partial charge is 0.245 e. The summed E-state index contributed by atoms with van der Waals surface area (Å²) in [5.41, 5.74) is -0.294. The summed E-state index contributed by atoms with van der Waals surface area (Å²) in [5.74, 6) is 0.0850. The van der Waals surface area contributed by atoms with E-state index in [2.05, 4.69) is 5.32 Å². The van der Waals surface area contributed by atoms with E-state index in [1.54, 1.807) is 12.0 Å². The maximum absolute atomic E-state index is 12.5. The molecule has 0 aromatic carbocycles. The fraction of sp³-hybridized carbons (Fsp3) is 0.867. The standard InChI is InChI=1S/C15H28N2O3/c1-7-11-14(19)17(9-8-15(4,5)20-6)12(10(2)3)13(18)16-11/h10-12H,7-9H2,1-6H3,(H,16,18). The number of methoxy groups -OCH3 is 1. The summed E-state index contributed by atoms with van der Waals surface area (Å²) in [4.78, 5) is 26.4. The van der Waals surface area contributed by atoms with E-state index in [-0.39, 0.29) is 35.4 Å². The Morgan fingerprint density at radius 3 is 2.40 bits per heavy atom. The third kappa shape index (κ3) is 3.72. The van der Waals surface area contributed by atoms with Crippen LogP contribution in [0.5, 0.6) is 0 Å². The lowest BCUT2D eigenvalue weighted by molar-refractivity contribution is -0.152. The molecule has 0 saturated carbocycles. The van der Waals surface area contributed by atoms with Crippen LogP contribution in [0.15, 0.2) is 0 Å². The van der Waals surface area contributed by atoms with Crippen LogP contribution in [0.2, 0.25) is 0 Å². The molecule has 0 bridgehead atoms. The lowest BCUT2D eigenvalue weighted by Crippen LogP contribution is -2.65. The number of amides is 2. The maximum atomic E-state index is 12.5. The highest BCUT2D eigenvalue weighted by molar-refractivity contribution is 5.97. The summed E-state index contributed by atoms with van der Waals surface area (Å²) in [6, 6.07) is -0.763. The minimum atomic E-state index is -0.386. The predicted octanol–water partition coefficient (Wildman–Crippen LogP) is 1.56. The molecule has 1 saturated heterocycles. The fourth-order valence-corrected chi connectivity index (χ4v) is 2.48. The van der Waals surface area contributed by atoms with Gasteiger partial charge in [0.1, 0.15) is 12.1 Å². The average molecular weight is 284 g/mol. The summed E-state index contributed by atoms with van der Waals surface area (Å²) >= 11 is 0. The van der Waals surface area contributed by atoms with Gasteiger partial charge in [0.25, 0.3) is 0 Å². The maximum Gasteiger partial charge on any atom is 0.245 e. The molecular formula is C15H28N2O3. The van der Waals surface area contributed by atoms with Gasteiger partial charge in [-0.05, 0) is 32.6 Å². The van der Waals surface area contributed by atoms with Crippen molar-refractivity contribution in [2.45, 2.75) is 65.1 Å². The lowest BCUT2D eigenvalue weighted by Gasteiger charge is -2.41. The van der Waals surface area contributed by atoms with Gasteiger partial charge in [-0.15, -0.1) is 0 Å². The first kappa shape index (κ1) is 17.0. The predicted molar refractivity (Wildman–Crippen MR) is 78.3 cm³/mol. The topological polar surface area (TPSA) is 58.6 Å². The van der Waals surface area contributed by atoms with Crippen LogP contribution in [-0.2, 0) is 14.3 Å². The zero-order valence-corrected chi connectivity index (χ0v) is 13.5. The zero-order valence-electron chi connectivity index (χ0n) is 13.5. The third-order valence-electron chi connectivity index (χ3n) is 4.05. The van der Waals surface area contributed by atoms with Crippen molar-refractivity contribution in [2.24, 2.45) is 5.92 Å². The fourth-order valence-electron chi connectivity index (χ4n) is 2.48. The van der Waals surface area contributed by atoms with E-state index in [0.717, 1.165) is 0 Å². The molecule has 2 unspecified atom stereocenters. The molecule has 20 heavy (non-hydrogen) atoms. The molecule has 116 valence electrons. The molecule has 2 atom stereocenters. The number of rotatable bonds is 6. The average Bonchev–Trinajstić information content (AvgIpc) is 2.38. The first-order chi connectivity index (χ1) is 9.23. The molecule has 0 spiro atoms. The second-order valence-electron chi connectivity index (χ2n) is 6.40. The minimum absolute atomic E-state index is 0.0257. The minimum Gasteiger partial charge on any atom is -0.379 e. The summed E-state index contributed by atoms with van der Waals surface area (Å²) in [7, 11) is 1.67. The number of nitrogens with one attached hydrogen (secondary N) is 1. The molecule has 1 heterocycles. The molecule has 1 fully saturated rings. The van der Waals surface area contributed by atoms with Gasteiger partial charge in [-0.1, -0.05) is 20.8 Å². The second kappa shape index (κ2) is 6.57. The number of piperazine rings is 1. The Hall–Kier alpha value is -1.10. The van der Waals surface area contributed by atoms with Crippen LogP contribution in [0.25, 0.3) is 0 Å². The molecule has 0 aromatic rings. The Balaban J connectivity index is 2.89. The van der Waals surface area contributed by atoms with E-state index in [1.165, 1.54) is 0 Å². The van der Waals surface area contributed by atoms with Crippen LogP contribution in [0, 0.1) is 5.92 Å². The van der Waals surface area contributed by atoms with Gasteiger partial charge in [0.2, 0.25) is 11.8 Å². The van der Waals surface area contributed by atoms with Crippen molar-refractivity contribution in [3.05, 3.63) is 0 Å². The molecule has 0 aliphatic carbocycles. The number of nitrogens with zero attached hydrogens (tertiary/aromatic N) is 1. The third-order valence-corrected chi connectivity index (χ3v) is 4.05. The first-order valence-corrected chi connectivity index (χ1v) is 7.39. The van der Waals surface area contributed by atoms with Crippen molar-refractivity contribution in [1.82, 2.24) is 10.2 Å². The van der Waals surface area contributed by atoms with Gasteiger partial charge in [0.05, 0.1) is 5.60 Å². The highest BCUT2D eigenvalue weighted by Crippen LogP contribution is 2.22. The second-order valence-corrected chi connectivity index (χ2v) is 6.40. The SMILES string of the molecule is CCC1NC(=O)C(C(C)C)N(CCC(C)(C)OC)C1=O. The van der Waals surface area contributed by atoms with Crippen LogP contribution >= 0.6 is 0 Å². The van der Waals surface area contributed by atoms with E-state index in [9.17, 15) is 9.59 Å². The Bertz CT molecular complexity index is 366. The molecule has 0 aromatic heterocycles. The molecule has 1 N–H and O–H groups in total. The highest BCUT2D eigenvalue weighted by atomic mass is 16.5. The van der Waals surface area contributed by atoms with Gasteiger partial charge < -0.3 is 15.0 Å². The first-order valence-electron chi connectivity index (χ1n) is 7.39. The van der Waals surface area contributed by atoms with Crippen LogP contribution in [0.4, 0.5) is 0 Å². The molecule has 1 rings (SSSR count). The number of carbonyl (C=O) groups is 2. The number of hydrogen-bond acceptors (Lipinski definition) is 3. The van der Waals surface area contributed by atoms with Crippen molar-refractivity contribution >= 4 is 11.8 Å². The summed E-state index contributed by atoms with van der Waals surface area (Å²) in [6.45, 7) is 10.4. The van der Waals surface area contributed by atoms with Gasteiger partial charge in [0, 0.05) is 13.7 Å². The van der Waals surface area contributed by atoms with Gasteiger partial charge in [-0.25, -0.2) is 0 Å². The summed E-state index contributed by atoms with van der Waals surface area (Å²) < 4.78 is 5.40. The summed E-state index contributed by atoms with van der Waals surface area (Å²) in [6.07, 6.45) is 1.34. The van der Waals surface area contributed by atoms with Crippen LogP contribution in [-0.4, -0.2) is 48.1 Å². The summed E-state index contributed by atoms with van der Waals surface area (Å²) in [5, 5.41) is 2.83. The molecule has 5 heteroatoms. The molecule has 1 aliphatic heterocycles. The zero-order chi connectivity index (χ0) is 15.5. The van der Waals surface area contributed by atoms with Crippen molar-refractivity contribution in [1.29, 1.82) is 0 Å². The molecule has 2 amide bonds. The van der Waals surface area contributed by atoms with E-state index in [1.807, 2.05) is 34.6 Å². The molecule has 0 radical (unpaired) electrons. The van der Waals surface area contributed by atoms with Gasteiger partial charge in [-0.3, -0.25) is 9.59 Å². The van der Waals surface area contributed by atoms with Gasteiger partial charge in [0.15, 0.2) is 0 Å².